The zero-order chi connectivity index (χ0) is 14.7. The normalized spacial score (nSPS) is 20.2. The maximum absolute atomic E-state index is 6.17. The molecule has 1 fully saturated rings. The van der Waals surface area contributed by atoms with Crippen LogP contribution in [0.2, 0.25) is 0 Å². The van der Waals surface area contributed by atoms with Gasteiger partial charge >= 0.3 is 0 Å². The summed E-state index contributed by atoms with van der Waals surface area (Å²) < 4.78 is 6.17. The second-order valence-electron chi connectivity index (χ2n) is 6.06. The van der Waals surface area contributed by atoms with Crippen molar-refractivity contribution in [1.29, 1.82) is 0 Å². The molecule has 0 saturated carbocycles. The highest BCUT2D eigenvalue weighted by Gasteiger charge is 2.23. The van der Waals surface area contributed by atoms with Crippen molar-refractivity contribution in [1.82, 2.24) is 10.2 Å². The third kappa shape index (κ3) is 2.99. The summed E-state index contributed by atoms with van der Waals surface area (Å²) in [7, 11) is 2.00. The van der Waals surface area contributed by atoms with E-state index in [-0.39, 0.29) is 0 Å². The van der Waals surface area contributed by atoms with Gasteiger partial charge in [0.25, 0.3) is 0 Å². The lowest BCUT2D eigenvalue weighted by Crippen LogP contribution is -2.38. The number of hydrogen-bond donors (Lipinski definition) is 1. The number of furan rings is 1. The number of fused-ring (bicyclic) bond motifs is 1. The third-order valence-corrected chi connectivity index (χ3v) is 4.70. The van der Waals surface area contributed by atoms with Crippen LogP contribution in [0.3, 0.4) is 0 Å². The summed E-state index contributed by atoms with van der Waals surface area (Å²) in [6, 6.07) is 9.10. The summed E-state index contributed by atoms with van der Waals surface area (Å²) in [5.74, 6) is 1.14. The maximum atomic E-state index is 6.17. The first-order valence-electron chi connectivity index (χ1n) is 8.21. The summed E-state index contributed by atoms with van der Waals surface area (Å²) in [6.45, 7) is 5.33. The molecule has 0 aliphatic carbocycles. The summed E-state index contributed by atoms with van der Waals surface area (Å²) in [4.78, 5) is 2.61. The van der Waals surface area contributed by atoms with E-state index in [9.17, 15) is 0 Å². The van der Waals surface area contributed by atoms with Gasteiger partial charge in [-0.25, -0.2) is 0 Å². The molecule has 1 atom stereocenters. The lowest BCUT2D eigenvalue weighted by Gasteiger charge is -2.34. The van der Waals surface area contributed by atoms with Gasteiger partial charge in [0.1, 0.15) is 11.3 Å². The first-order valence-corrected chi connectivity index (χ1v) is 8.21. The number of piperidine rings is 1. The Labute approximate surface area is 127 Å². The van der Waals surface area contributed by atoms with Crippen LogP contribution in [0.4, 0.5) is 0 Å². The SMILES string of the molecule is CCC1CCCCN1Cc1oc2ccccc2c1CNC. The van der Waals surface area contributed by atoms with E-state index in [4.69, 9.17) is 4.42 Å². The molecule has 114 valence electrons. The minimum Gasteiger partial charge on any atom is -0.459 e. The van der Waals surface area contributed by atoms with Crippen LogP contribution in [0, 0.1) is 0 Å². The van der Waals surface area contributed by atoms with Crippen LogP contribution >= 0.6 is 0 Å². The van der Waals surface area contributed by atoms with Crippen LogP contribution in [0.5, 0.6) is 0 Å². The van der Waals surface area contributed by atoms with E-state index in [0.717, 1.165) is 30.5 Å². The number of para-hydroxylation sites is 1. The molecule has 1 aliphatic rings. The van der Waals surface area contributed by atoms with Crippen LogP contribution in [-0.2, 0) is 13.1 Å². The van der Waals surface area contributed by atoms with E-state index in [1.54, 1.807) is 0 Å². The molecule has 1 aromatic heterocycles. The van der Waals surface area contributed by atoms with Gasteiger partial charge in [0.15, 0.2) is 0 Å². The molecule has 1 saturated heterocycles. The number of nitrogens with zero attached hydrogens (tertiary/aromatic N) is 1. The van der Waals surface area contributed by atoms with Gasteiger partial charge in [0.2, 0.25) is 0 Å². The minimum atomic E-state index is 0.717. The zero-order valence-electron chi connectivity index (χ0n) is 13.2. The molecule has 0 radical (unpaired) electrons. The van der Waals surface area contributed by atoms with Crippen molar-refractivity contribution >= 4 is 11.0 Å². The summed E-state index contributed by atoms with van der Waals surface area (Å²) in [6.07, 6.45) is 5.26. The van der Waals surface area contributed by atoms with Gasteiger partial charge in [0.05, 0.1) is 6.54 Å². The van der Waals surface area contributed by atoms with E-state index in [2.05, 4.69) is 41.4 Å². The van der Waals surface area contributed by atoms with Gasteiger partial charge in [0, 0.05) is 23.5 Å². The number of likely N-dealkylation sites (tertiary alicyclic amines) is 1. The Hall–Kier alpha value is -1.32. The molecular formula is C18H26N2O. The van der Waals surface area contributed by atoms with Gasteiger partial charge in [-0.3, -0.25) is 4.90 Å². The van der Waals surface area contributed by atoms with Crippen LogP contribution < -0.4 is 5.32 Å². The van der Waals surface area contributed by atoms with Gasteiger partial charge in [-0.2, -0.15) is 0 Å². The summed E-state index contributed by atoms with van der Waals surface area (Å²) in [5, 5.41) is 4.54. The molecule has 3 nitrogen and oxygen atoms in total. The highest BCUT2D eigenvalue weighted by atomic mass is 16.3. The summed E-state index contributed by atoms with van der Waals surface area (Å²) in [5.41, 5.74) is 2.34. The highest BCUT2D eigenvalue weighted by Crippen LogP contribution is 2.29. The van der Waals surface area contributed by atoms with Crippen molar-refractivity contribution < 1.29 is 4.42 Å². The first-order chi connectivity index (χ1) is 10.3. The smallest absolute Gasteiger partial charge is 0.134 e. The van der Waals surface area contributed by atoms with Crippen LogP contribution in [-0.4, -0.2) is 24.5 Å². The molecule has 1 aromatic carbocycles. The largest absolute Gasteiger partial charge is 0.459 e. The molecule has 0 amide bonds. The van der Waals surface area contributed by atoms with E-state index in [0.29, 0.717) is 0 Å². The lowest BCUT2D eigenvalue weighted by molar-refractivity contribution is 0.127. The summed E-state index contributed by atoms with van der Waals surface area (Å²) >= 11 is 0. The van der Waals surface area contributed by atoms with Crippen molar-refractivity contribution in [3.8, 4) is 0 Å². The molecule has 0 spiro atoms. The van der Waals surface area contributed by atoms with E-state index in [1.165, 1.54) is 43.2 Å². The molecule has 1 N–H and O–H groups in total. The Bertz CT molecular complexity index is 590. The van der Waals surface area contributed by atoms with Crippen LogP contribution in [0.25, 0.3) is 11.0 Å². The second kappa shape index (κ2) is 6.63. The van der Waals surface area contributed by atoms with Crippen molar-refractivity contribution in [3.63, 3.8) is 0 Å². The predicted molar refractivity (Wildman–Crippen MR) is 87.3 cm³/mol. The van der Waals surface area contributed by atoms with Gasteiger partial charge in [-0.05, 0) is 38.9 Å². The Morgan fingerprint density at radius 3 is 2.95 bits per heavy atom. The Morgan fingerprint density at radius 2 is 2.14 bits per heavy atom. The van der Waals surface area contributed by atoms with Crippen molar-refractivity contribution in [2.24, 2.45) is 0 Å². The number of nitrogens with one attached hydrogen (secondary N) is 1. The molecule has 1 unspecified atom stereocenters. The molecule has 0 bridgehead atoms. The molecule has 1 aliphatic heterocycles. The van der Waals surface area contributed by atoms with Gasteiger partial charge in [-0.1, -0.05) is 31.5 Å². The van der Waals surface area contributed by atoms with Crippen molar-refractivity contribution in [2.75, 3.05) is 13.6 Å². The average Bonchev–Trinajstić information content (AvgIpc) is 2.86. The first kappa shape index (κ1) is 14.6. The Morgan fingerprint density at radius 1 is 1.29 bits per heavy atom. The quantitative estimate of drug-likeness (QED) is 0.903. The number of hydrogen-bond acceptors (Lipinski definition) is 3. The number of rotatable bonds is 5. The standard InChI is InChI=1S/C18H26N2O/c1-3-14-8-6-7-11-20(14)13-18-16(12-19-2)15-9-4-5-10-17(15)21-18/h4-5,9-10,14,19H,3,6-8,11-13H2,1-2H3. The molecular weight excluding hydrogens is 260 g/mol. The maximum Gasteiger partial charge on any atom is 0.134 e. The molecule has 3 heteroatoms. The van der Waals surface area contributed by atoms with Gasteiger partial charge in [-0.15, -0.1) is 0 Å². The predicted octanol–water partition coefficient (Wildman–Crippen LogP) is 3.92. The van der Waals surface area contributed by atoms with E-state index >= 15 is 0 Å². The topological polar surface area (TPSA) is 28.4 Å². The highest BCUT2D eigenvalue weighted by molar-refractivity contribution is 5.82. The number of benzene rings is 1. The minimum absolute atomic E-state index is 0.717. The molecule has 2 heterocycles. The monoisotopic (exact) mass is 286 g/mol. The van der Waals surface area contributed by atoms with Gasteiger partial charge < -0.3 is 9.73 Å². The fraction of sp³-hybridized carbons (Fsp3) is 0.556. The fourth-order valence-corrected chi connectivity index (χ4v) is 3.56. The van der Waals surface area contributed by atoms with E-state index < -0.39 is 0 Å². The Balaban J connectivity index is 1.90. The third-order valence-electron chi connectivity index (χ3n) is 4.70. The van der Waals surface area contributed by atoms with Crippen molar-refractivity contribution in [2.45, 2.75) is 51.7 Å². The molecule has 2 aromatic rings. The van der Waals surface area contributed by atoms with Crippen molar-refractivity contribution in [3.05, 3.63) is 35.6 Å². The average molecular weight is 286 g/mol. The fourth-order valence-electron chi connectivity index (χ4n) is 3.56. The Kier molecular flexibility index (Phi) is 4.61. The zero-order valence-corrected chi connectivity index (χ0v) is 13.2. The molecule has 21 heavy (non-hydrogen) atoms. The van der Waals surface area contributed by atoms with E-state index in [1.807, 2.05) is 7.05 Å². The lowest BCUT2D eigenvalue weighted by atomic mass is 9.99. The van der Waals surface area contributed by atoms with Crippen LogP contribution in [0.1, 0.15) is 43.9 Å². The van der Waals surface area contributed by atoms with Crippen LogP contribution in [0.15, 0.2) is 28.7 Å². The molecule has 3 rings (SSSR count). The second-order valence-corrected chi connectivity index (χ2v) is 6.06.